The maximum atomic E-state index is 10.3. The van der Waals surface area contributed by atoms with Crippen molar-refractivity contribution >= 4 is 11.9 Å². The molecular formula is C18H34O4. The van der Waals surface area contributed by atoms with E-state index in [0.29, 0.717) is 12.8 Å². The highest BCUT2D eigenvalue weighted by atomic mass is 16.4. The molecule has 0 aliphatic heterocycles. The van der Waals surface area contributed by atoms with Crippen LogP contribution in [0.5, 0.6) is 0 Å². The molecule has 0 radical (unpaired) electrons. The molecule has 4 nitrogen and oxygen atoms in total. The first-order valence-corrected chi connectivity index (χ1v) is 8.55. The summed E-state index contributed by atoms with van der Waals surface area (Å²) in [6.45, 7) is 5.25. The van der Waals surface area contributed by atoms with Crippen LogP contribution in [0.25, 0.3) is 0 Å². The molecule has 0 saturated carbocycles. The van der Waals surface area contributed by atoms with Gasteiger partial charge in [-0.15, -0.1) is 6.58 Å². The molecule has 130 valence electrons. The Balaban J connectivity index is 0. The van der Waals surface area contributed by atoms with Crippen LogP contribution in [0.2, 0.25) is 0 Å². The summed E-state index contributed by atoms with van der Waals surface area (Å²) in [5, 5.41) is 16.9. The Hall–Kier alpha value is -1.32. The van der Waals surface area contributed by atoms with Gasteiger partial charge in [0, 0.05) is 12.8 Å². The number of allylic oxidation sites excluding steroid dienone is 1. The topological polar surface area (TPSA) is 74.6 Å². The van der Waals surface area contributed by atoms with Crippen LogP contribution in [0.15, 0.2) is 12.7 Å². The standard InChI is InChI=1S/C15H28O4.C3H6/c16-14(17)12-10-8-6-4-2-1-3-5-7-9-11-13-15(18)19;1-3-2/h1-13H2,(H,16,17)(H,18,19);3H,1H2,2H3. The van der Waals surface area contributed by atoms with Gasteiger partial charge in [-0.3, -0.25) is 9.59 Å². The normalized spacial score (nSPS) is 9.68. The van der Waals surface area contributed by atoms with Gasteiger partial charge in [-0.2, -0.15) is 0 Å². The van der Waals surface area contributed by atoms with Crippen molar-refractivity contribution in [2.24, 2.45) is 0 Å². The quantitative estimate of drug-likeness (QED) is 0.331. The predicted octanol–water partition coefficient (Wildman–Crippen LogP) is 5.42. The summed E-state index contributed by atoms with van der Waals surface area (Å²) < 4.78 is 0. The Kier molecular flexibility index (Phi) is 20.5. The molecule has 0 spiro atoms. The molecule has 0 fully saturated rings. The second kappa shape index (κ2) is 19.7. The average Bonchev–Trinajstić information content (AvgIpc) is 2.44. The zero-order valence-corrected chi connectivity index (χ0v) is 14.2. The van der Waals surface area contributed by atoms with Crippen molar-refractivity contribution in [1.29, 1.82) is 0 Å². The Morgan fingerprint density at radius 1 is 0.682 bits per heavy atom. The maximum Gasteiger partial charge on any atom is 0.303 e. The minimum absolute atomic E-state index is 0.302. The van der Waals surface area contributed by atoms with Crippen LogP contribution in [0.3, 0.4) is 0 Å². The van der Waals surface area contributed by atoms with Crippen LogP contribution in [0, 0.1) is 0 Å². The van der Waals surface area contributed by atoms with Gasteiger partial charge in [0.1, 0.15) is 0 Å². The van der Waals surface area contributed by atoms with Gasteiger partial charge in [0.05, 0.1) is 0 Å². The van der Waals surface area contributed by atoms with E-state index in [1.807, 2.05) is 6.92 Å². The van der Waals surface area contributed by atoms with Crippen LogP contribution in [0.1, 0.15) is 90.4 Å². The van der Waals surface area contributed by atoms with E-state index in [1.54, 1.807) is 6.08 Å². The SMILES string of the molecule is C=CC.O=C(O)CCCCCCCCCCCCCC(=O)O. The first kappa shape index (κ1) is 23.0. The Morgan fingerprint density at radius 2 is 0.864 bits per heavy atom. The van der Waals surface area contributed by atoms with Gasteiger partial charge in [0.25, 0.3) is 0 Å². The second-order valence-electron chi connectivity index (χ2n) is 5.58. The zero-order valence-electron chi connectivity index (χ0n) is 14.2. The van der Waals surface area contributed by atoms with Crippen LogP contribution < -0.4 is 0 Å². The van der Waals surface area contributed by atoms with E-state index in [-0.39, 0.29) is 0 Å². The van der Waals surface area contributed by atoms with E-state index in [9.17, 15) is 9.59 Å². The molecule has 0 amide bonds. The lowest BCUT2D eigenvalue weighted by atomic mass is 10.0. The summed E-state index contributed by atoms with van der Waals surface area (Å²) in [4.78, 5) is 20.6. The fraction of sp³-hybridized carbons (Fsp3) is 0.778. The molecule has 0 aromatic rings. The fourth-order valence-electron chi connectivity index (χ4n) is 2.14. The fourth-order valence-corrected chi connectivity index (χ4v) is 2.14. The van der Waals surface area contributed by atoms with E-state index in [4.69, 9.17) is 10.2 Å². The van der Waals surface area contributed by atoms with E-state index < -0.39 is 11.9 Å². The highest BCUT2D eigenvalue weighted by Gasteiger charge is 1.98. The van der Waals surface area contributed by atoms with Gasteiger partial charge in [0.2, 0.25) is 0 Å². The van der Waals surface area contributed by atoms with Crippen molar-refractivity contribution in [3.63, 3.8) is 0 Å². The number of hydrogen-bond acceptors (Lipinski definition) is 2. The van der Waals surface area contributed by atoms with Gasteiger partial charge in [-0.05, 0) is 19.8 Å². The molecule has 0 bridgehead atoms. The molecular weight excluding hydrogens is 280 g/mol. The summed E-state index contributed by atoms with van der Waals surface area (Å²) in [5.41, 5.74) is 0. The number of unbranched alkanes of at least 4 members (excludes halogenated alkanes) is 10. The number of hydrogen-bond donors (Lipinski definition) is 2. The second-order valence-corrected chi connectivity index (χ2v) is 5.58. The molecule has 0 aromatic carbocycles. The molecule has 0 aromatic heterocycles. The predicted molar refractivity (Wildman–Crippen MR) is 91.2 cm³/mol. The Morgan fingerprint density at radius 3 is 1.05 bits per heavy atom. The highest BCUT2D eigenvalue weighted by molar-refractivity contribution is 5.66. The van der Waals surface area contributed by atoms with E-state index >= 15 is 0 Å². The molecule has 4 heteroatoms. The Bertz CT molecular complexity index is 250. The number of carboxylic acid groups (broad SMARTS) is 2. The third-order valence-corrected chi connectivity index (χ3v) is 3.28. The van der Waals surface area contributed by atoms with Gasteiger partial charge < -0.3 is 10.2 Å². The number of rotatable bonds is 14. The van der Waals surface area contributed by atoms with Crippen LogP contribution in [0.4, 0.5) is 0 Å². The lowest BCUT2D eigenvalue weighted by molar-refractivity contribution is -0.138. The molecule has 0 atom stereocenters. The van der Waals surface area contributed by atoms with Crippen molar-refractivity contribution in [3.8, 4) is 0 Å². The van der Waals surface area contributed by atoms with Crippen molar-refractivity contribution in [2.75, 3.05) is 0 Å². The molecule has 0 aliphatic carbocycles. The first-order chi connectivity index (χ1) is 10.5. The van der Waals surface area contributed by atoms with E-state index in [0.717, 1.165) is 38.5 Å². The number of carbonyl (C=O) groups is 2. The molecule has 0 aliphatic rings. The summed E-state index contributed by atoms with van der Waals surface area (Å²) in [6, 6.07) is 0. The molecule has 0 saturated heterocycles. The largest absolute Gasteiger partial charge is 0.481 e. The summed E-state index contributed by atoms with van der Waals surface area (Å²) in [6.07, 6.45) is 14.4. The maximum absolute atomic E-state index is 10.3. The third-order valence-electron chi connectivity index (χ3n) is 3.28. The third kappa shape index (κ3) is 27.1. The smallest absolute Gasteiger partial charge is 0.303 e. The number of aliphatic carboxylic acids is 2. The van der Waals surface area contributed by atoms with Gasteiger partial charge in [0.15, 0.2) is 0 Å². The molecule has 0 rings (SSSR count). The van der Waals surface area contributed by atoms with Crippen LogP contribution >= 0.6 is 0 Å². The zero-order chi connectivity index (χ0) is 17.1. The minimum Gasteiger partial charge on any atom is -0.481 e. The van der Waals surface area contributed by atoms with E-state index in [1.165, 1.54) is 32.1 Å². The number of carboxylic acids is 2. The van der Waals surface area contributed by atoms with Gasteiger partial charge in [-0.25, -0.2) is 0 Å². The summed E-state index contributed by atoms with van der Waals surface area (Å²) >= 11 is 0. The van der Waals surface area contributed by atoms with Crippen molar-refractivity contribution < 1.29 is 19.8 Å². The lowest BCUT2D eigenvalue weighted by Gasteiger charge is -2.02. The molecule has 22 heavy (non-hydrogen) atoms. The van der Waals surface area contributed by atoms with Crippen molar-refractivity contribution in [3.05, 3.63) is 12.7 Å². The van der Waals surface area contributed by atoms with Gasteiger partial charge >= 0.3 is 11.9 Å². The van der Waals surface area contributed by atoms with Crippen LogP contribution in [-0.4, -0.2) is 22.2 Å². The molecule has 0 unspecified atom stereocenters. The molecule has 2 N–H and O–H groups in total. The lowest BCUT2D eigenvalue weighted by Crippen LogP contribution is -1.93. The van der Waals surface area contributed by atoms with Gasteiger partial charge in [-0.1, -0.05) is 63.9 Å². The van der Waals surface area contributed by atoms with Crippen LogP contribution in [-0.2, 0) is 9.59 Å². The first-order valence-electron chi connectivity index (χ1n) is 8.55. The highest BCUT2D eigenvalue weighted by Crippen LogP contribution is 2.12. The summed E-state index contributed by atoms with van der Waals surface area (Å²) in [7, 11) is 0. The average molecular weight is 314 g/mol. The Labute approximate surface area is 135 Å². The van der Waals surface area contributed by atoms with Crippen molar-refractivity contribution in [1.82, 2.24) is 0 Å². The monoisotopic (exact) mass is 314 g/mol. The molecule has 0 heterocycles. The summed E-state index contributed by atoms with van der Waals surface area (Å²) in [5.74, 6) is -1.38. The minimum atomic E-state index is -0.692. The van der Waals surface area contributed by atoms with E-state index in [2.05, 4.69) is 6.58 Å². The van der Waals surface area contributed by atoms with Crippen molar-refractivity contribution in [2.45, 2.75) is 90.4 Å².